The number of hydrogen-bond acceptors (Lipinski definition) is 8. The standard InChI is InChI=1S/C34H39N5O6/c1-3-5-6-12-20-44-33(43)28-27-17-18-34(45-27)29(28)31(41)39(26(21-40)23-13-8-7-9-14-23)30(34)32(42)37(19-4-2)22-38-25-16-11-10-15-24(25)35-36-38/h3-4,7-11,13-16,26-30,40H,1-2,5-6,12,17-22H2/t26-,27+,28-,29+,30?,34?/m1/s1. The second-order valence-electron chi connectivity index (χ2n) is 11.9. The van der Waals surface area contributed by atoms with Crippen molar-refractivity contribution >= 4 is 28.8 Å². The molecule has 2 amide bonds. The predicted molar refractivity (Wildman–Crippen MR) is 165 cm³/mol. The average molecular weight is 614 g/mol. The van der Waals surface area contributed by atoms with Crippen LogP contribution in [0.1, 0.15) is 43.7 Å². The van der Waals surface area contributed by atoms with E-state index >= 15 is 0 Å². The first-order chi connectivity index (χ1) is 21.9. The molecule has 3 aliphatic rings. The maximum atomic E-state index is 14.8. The highest BCUT2D eigenvalue weighted by Gasteiger charge is 2.75. The topological polar surface area (TPSA) is 127 Å². The SMILES string of the molecule is C=CCCCCOC(=O)[C@@H]1[C@@H]2CCC3(O2)C(C(=O)N(CC=C)Cn2nnc4ccccc42)N([C@H](CO)c2ccccc2)C(=O)[C@H]13. The number of carbonyl (C=O) groups is 3. The summed E-state index contributed by atoms with van der Waals surface area (Å²) in [5.41, 5.74) is 0.863. The van der Waals surface area contributed by atoms with Crippen molar-refractivity contribution in [2.75, 3.05) is 19.8 Å². The van der Waals surface area contributed by atoms with Crippen molar-refractivity contribution in [3.63, 3.8) is 0 Å². The number of aromatic nitrogens is 3. The number of hydrogen-bond donors (Lipinski definition) is 1. The number of fused-ring (bicyclic) bond motifs is 2. The third-order valence-electron chi connectivity index (χ3n) is 9.37. The molecule has 2 bridgehead atoms. The summed E-state index contributed by atoms with van der Waals surface area (Å²) in [7, 11) is 0. The molecule has 0 saturated carbocycles. The maximum Gasteiger partial charge on any atom is 0.312 e. The Kier molecular flexibility index (Phi) is 8.82. The highest BCUT2D eigenvalue weighted by atomic mass is 16.6. The van der Waals surface area contributed by atoms with Gasteiger partial charge in [0.05, 0.1) is 42.7 Å². The third kappa shape index (κ3) is 5.33. The number of amides is 2. The number of rotatable bonds is 14. The fourth-order valence-electron chi connectivity index (χ4n) is 7.39. The molecular formula is C34H39N5O6. The van der Waals surface area contributed by atoms with E-state index in [-0.39, 0.29) is 25.7 Å². The molecular weight excluding hydrogens is 574 g/mol. The van der Waals surface area contributed by atoms with Crippen molar-refractivity contribution < 1.29 is 29.0 Å². The van der Waals surface area contributed by atoms with Gasteiger partial charge in [-0.1, -0.05) is 59.8 Å². The van der Waals surface area contributed by atoms with Gasteiger partial charge in [0.25, 0.3) is 0 Å². The van der Waals surface area contributed by atoms with Crippen LogP contribution in [0.25, 0.3) is 11.0 Å². The largest absolute Gasteiger partial charge is 0.465 e. The van der Waals surface area contributed by atoms with Gasteiger partial charge in [0.2, 0.25) is 11.8 Å². The molecule has 0 aliphatic carbocycles. The molecule has 6 atom stereocenters. The van der Waals surface area contributed by atoms with Crippen LogP contribution in [0.4, 0.5) is 0 Å². The van der Waals surface area contributed by atoms with Gasteiger partial charge in [-0.25, -0.2) is 4.68 Å². The van der Waals surface area contributed by atoms with Crippen molar-refractivity contribution in [1.29, 1.82) is 0 Å². The van der Waals surface area contributed by atoms with Gasteiger partial charge in [-0.15, -0.1) is 18.3 Å². The van der Waals surface area contributed by atoms with E-state index in [2.05, 4.69) is 23.5 Å². The van der Waals surface area contributed by atoms with E-state index in [1.54, 1.807) is 15.7 Å². The Bertz CT molecular complexity index is 1580. The van der Waals surface area contributed by atoms with Crippen molar-refractivity contribution in [2.45, 2.75) is 62.6 Å². The van der Waals surface area contributed by atoms with Gasteiger partial charge in [0, 0.05) is 6.54 Å². The van der Waals surface area contributed by atoms with Crippen LogP contribution in [-0.2, 0) is 30.5 Å². The number of carbonyl (C=O) groups excluding carboxylic acids is 3. The summed E-state index contributed by atoms with van der Waals surface area (Å²) in [6, 6.07) is 14.7. The second kappa shape index (κ2) is 12.9. The molecule has 2 unspecified atom stereocenters. The number of likely N-dealkylation sites (tertiary alicyclic amines) is 1. The van der Waals surface area contributed by atoms with E-state index in [0.29, 0.717) is 30.3 Å². The van der Waals surface area contributed by atoms with Gasteiger partial charge < -0.3 is 24.4 Å². The van der Waals surface area contributed by atoms with Crippen LogP contribution in [-0.4, -0.2) is 85.2 Å². The van der Waals surface area contributed by atoms with Crippen molar-refractivity contribution in [1.82, 2.24) is 24.8 Å². The molecule has 0 radical (unpaired) electrons. The molecule has 1 aromatic heterocycles. The quantitative estimate of drug-likeness (QED) is 0.167. The predicted octanol–water partition coefficient (Wildman–Crippen LogP) is 3.41. The molecule has 1 spiro atoms. The molecule has 6 rings (SSSR count). The fraction of sp³-hybridized carbons (Fsp3) is 0.441. The van der Waals surface area contributed by atoms with Crippen LogP contribution in [0.3, 0.4) is 0 Å². The van der Waals surface area contributed by atoms with Gasteiger partial charge in [-0.3, -0.25) is 14.4 Å². The minimum Gasteiger partial charge on any atom is -0.465 e. The first-order valence-electron chi connectivity index (χ1n) is 15.6. The number of aliphatic hydroxyl groups is 1. The summed E-state index contributed by atoms with van der Waals surface area (Å²) >= 11 is 0. The van der Waals surface area contributed by atoms with Gasteiger partial charge >= 0.3 is 5.97 Å². The highest BCUT2D eigenvalue weighted by Crippen LogP contribution is 2.60. The van der Waals surface area contributed by atoms with E-state index in [1.165, 1.54) is 4.90 Å². The molecule has 3 saturated heterocycles. The number of nitrogens with zero attached hydrogens (tertiary/aromatic N) is 5. The van der Waals surface area contributed by atoms with E-state index in [4.69, 9.17) is 9.47 Å². The molecule has 2 aromatic carbocycles. The van der Waals surface area contributed by atoms with Crippen molar-refractivity contribution in [3.05, 3.63) is 85.5 Å². The number of unbranched alkanes of at least 4 members (excludes halogenated alkanes) is 2. The number of ether oxygens (including phenoxy) is 2. The average Bonchev–Trinajstić information content (AvgIpc) is 3.81. The monoisotopic (exact) mass is 613 g/mol. The smallest absolute Gasteiger partial charge is 0.312 e. The van der Waals surface area contributed by atoms with Crippen LogP contribution in [0, 0.1) is 11.8 Å². The molecule has 4 heterocycles. The highest BCUT2D eigenvalue weighted by molar-refractivity contribution is 5.98. The Labute approximate surface area is 262 Å². The van der Waals surface area contributed by atoms with Gasteiger partial charge in [0.1, 0.15) is 23.8 Å². The lowest BCUT2D eigenvalue weighted by Crippen LogP contribution is -2.57. The zero-order chi connectivity index (χ0) is 31.6. The molecule has 45 heavy (non-hydrogen) atoms. The summed E-state index contributed by atoms with van der Waals surface area (Å²) < 4.78 is 13.9. The van der Waals surface area contributed by atoms with E-state index in [0.717, 1.165) is 18.4 Å². The number of aliphatic hydroxyl groups excluding tert-OH is 1. The number of allylic oxidation sites excluding steroid dienone is 1. The third-order valence-corrected chi connectivity index (χ3v) is 9.37. The first-order valence-corrected chi connectivity index (χ1v) is 15.6. The van der Waals surface area contributed by atoms with Gasteiger partial charge in [-0.05, 0) is 49.8 Å². The van der Waals surface area contributed by atoms with E-state index < -0.39 is 54.1 Å². The molecule has 11 heteroatoms. The van der Waals surface area contributed by atoms with E-state index in [9.17, 15) is 19.5 Å². The Morgan fingerprint density at radius 3 is 2.67 bits per heavy atom. The minimum absolute atomic E-state index is 0.0549. The zero-order valence-electron chi connectivity index (χ0n) is 25.2. The Hall–Kier alpha value is -4.35. The first kappa shape index (κ1) is 30.7. The lowest BCUT2D eigenvalue weighted by atomic mass is 9.70. The molecule has 3 aromatic rings. The van der Waals surface area contributed by atoms with Crippen LogP contribution in [0.2, 0.25) is 0 Å². The number of para-hydroxylation sites is 1. The lowest BCUT2D eigenvalue weighted by molar-refractivity contribution is -0.157. The van der Waals surface area contributed by atoms with E-state index in [1.807, 2.05) is 60.7 Å². The Balaban J connectivity index is 1.37. The van der Waals surface area contributed by atoms with Crippen molar-refractivity contribution in [3.8, 4) is 0 Å². The molecule has 3 fully saturated rings. The Morgan fingerprint density at radius 1 is 1.13 bits per heavy atom. The molecule has 1 N–H and O–H groups in total. The van der Waals surface area contributed by atoms with Crippen LogP contribution in [0.5, 0.6) is 0 Å². The molecule has 11 nitrogen and oxygen atoms in total. The minimum atomic E-state index is -1.25. The number of esters is 1. The van der Waals surface area contributed by atoms with Crippen LogP contribution < -0.4 is 0 Å². The molecule has 3 aliphatic heterocycles. The molecule has 236 valence electrons. The van der Waals surface area contributed by atoms with Crippen LogP contribution >= 0.6 is 0 Å². The summed E-state index contributed by atoms with van der Waals surface area (Å²) in [5.74, 6) is -3.01. The summed E-state index contributed by atoms with van der Waals surface area (Å²) in [6.45, 7) is 7.64. The lowest BCUT2D eigenvalue weighted by Gasteiger charge is -2.39. The maximum absolute atomic E-state index is 14.8. The number of benzene rings is 2. The fourth-order valence-corrected chi connectivity index (χ4v) is 7.39. The van der Waals surface area contributed by atoms with Gasteiger partial charge in [0.15, 0.2) is 0 Å². The summed E-state index contributed by atoms with van der Waals surface area (Å²) in [4.78, 5) is 46.0. The van der Waals surface area contributed by atoms with Crippen LogP contribution in [0.15, 0.2) is 79.9 Å². The summed E-state index contributed by atoms with van der Waals surface area (Å²) in [6.07, 6.45) is 6.19. The normalized spacial score (nSPS) is 25.7. The second-order valence-corrected chi connectivity index (χ2v) is 11.9. The Morgan fingerprint density at radius 2 is 1.91 bits per heavy atom. The zero-order valence-corrected chi connectivity index (χ0v) is 25.2. The summed E-state index contributed by atoms with van der Waals surface area (Å²) in [5, 5.41) is 19.2. The van der Waals surface area contributed by atoms with Crippen molar-refractivity contribution in [2.24, 2.45) is 11.8 Å². The van der Waals surface area contributed by atoms with Gasteiger partial charge in [-0.2, -0.15) is 0 Å².